The molecule has 0 aliphatic heterocycles. The van der Waals surface area contributed by atoms with E-state index in [9.17, 15) is 9.59 Å². The SMILES string of the molecule is COc1ccc2cc(CN(C)C(=O)COC(=O)c3cn(C)c4ccccc34)ccc2c1. The Balaban J connectivity index is 1.39. The highest BCUT2D eigenvalue weighted by molar-refractivity contribution is 6.04. The Morgan fingerprint density at radius 1 is 1.00 bits per heavy atom. The lowest BCUT2D eigenvalue weighted by Gasteiger charge is -2.17. The number of likely N-dealkylation sites (N-methyl/N-ethyl adjacent to an activating group) is 1. The lowest BCUT2D eigenvalue weighted by Crippen LogP contribution is -2.30. The molecule has 4 aromatic rings. The summed E-state index contributed by atoms with van der Waals surface area (Å²) in [6.07, 6.45) is 1.73. The Kier molecular flexibility index (Phi) is 5.62. The second-order valence-corrected chi connectivity index (χ2v) is 7.54. The number of rotatable bonds is 6. The van der Waals surface area contributed by atoms with Gasteiger partial charge in [-0.2, -0.15) is 0 Å². The van der Waals surface area contributed by atoms with E-state index in [1.54, 1.807) is 25.3 Å². The molecular formula is C25H24N2O4. The maximum absolute atomic E-state index is 12.5. The van der Waals surface area contributed by atoms with Gasteiger partial charge < -0.3 is 18.9 Å². The number of amides is 1. The first-order chi connectivity index (χ1) is 15.0. The molecule has 0 radical (unpaired) electrons. The number of esters is 1. The van der Waals surface area contributed by atoms with Gasteiger partial charge in [-0.3, -0.25) is 4.79 Å². The number of aromatic nitrogens is 1. The third-order valence-corrected chi connectivity index (χ3v) is 5.40. The van der Waals surface area contributed by atoms with Crippen LogP contribution >= 0.6 is 0 Å². The van der Waals surface area contributed by atoms with Crippen molar-refractivity contribution in [3.05, 3.63) is 78.0 Å². The van der Waals surface area contributed by atoms with Crippen LogP contribution in [0.5, 0.6) is 5.75 Å². The maximum atomic E-state index is 12.5. The first kappa shape index (κ1) is 20.5. The molecule has 0 spiro atoms. The lowest BCUT2D eigenvalue weighted by molar-refractivity contribution is -0.133. The lowest BCUT2D eigenvalue weighted by atomic mass is 10.1. The third kappa shape index (κ3) is 4.23. The van der Waals surface area contributed by atoms with Crippen molar-refractivity contribution in [3.63, 3.8) is 0 Å². The van der Waals surface area contributed by atoms with Gasteiger partial charge in [-0.05, 0) is 40.6 Å². The molecule has 0 N–H and O–H groups in total. The van der Waals surface area contributed by atoms with Crippen molar-refractivity contribution < 1.29 is 19.1 Å². The normalized spacial score (nSPS) is 10.9. The molecule has 0 bridgehead atoms. The average Bonchev–Trinajstić information content (AvgIpc) is 3.13. The summed E-state index contributed by atoms with van der Waals surface area (Å²) in [7, 11) is 5.22. The quantitative estimate of drug-likeness (QED) is 0.443. The highest BCUT2D eigenvalue weighted by atomic mass is 16.5. The fourth-order valence-corrected chi connectivity index (χ4v) is 3.68. The number of para-hydroxylation sites is 1. The van der Waals surface area contributed by atoms with E-state index in [1.807, 2.05) is 72.3 Å². The van der Waals surface area contributed by atoms with Gasteiger partial charge in [0.2, 0.25) is 0 Å². The van der Waals surface area contributed by atoms with Crippen LogP contribution in [0.4, 0.5) is 0 Å². The highest BCUT2D eigenvalue weighted by Gasteiger charge is 2.18. The molecule has 0 unspecified atom stereocenters. The number of benzene rings is 3. The summed E-state index contributed by atoms with van der Waals surface area (Å²) in [6, 6.07) is 19.5. The zero-order valence-electron chi connectivity index (χ0n) is 17.8. The van der Waals surface area contributed by atoms with E-state index in [4.69, 9.17) is 9.47 Å². The molecule has 1 aromatic heterocycles. The van der Waals surface area contributed by atoms with Crippen LogP contribution in [-0.4, -0.2) is 42.1 Å². The number of hydrogen-bond acceptors (Lipinski definition) is 4. The average molecular weight is 416 g/mol. The number of ether oxygens (including phenoxy) is 2. The molecule has 1 amide bonds. The third-order valence-electron chi connectivity index (χ3n) is 5.40. The van der Waals surface area contributed by atoms with Gasteiger partial charge >= 0.3 is 5.97 Å². The largest absolute Gasteiger partial charge is 0.497 e. The first-order valence-corrected chi connectivity index (χ1v) is 9.98. The van der Waals surface area contributed by atoms with Gasteiger partial charge in [0, 0.05) is 37.7 Å². The summed E-state index contributed by atoms with van der Waals surface area (Å²) in [4.78, 5) is 26.6. The molecule has 6 nitrogen and oxygen atoms in total. The number of nitrogens with zero attached hydrogens (tertiary/aromatic N) is 2. The molecule has 1 heterocycles. The molecule has 3 aromatic carbocycles. The van der Waals surface area contributed by atoms with Crippen LogP contribution in [0.2, 0.25) is 0 Å². The van der Waals surface area contributed by atoms with Crippen LogP contribution < -0.4 is 4.74 Å². The van der Waals surface area contributed by atoms with Gasteiger partial charge in [-0.1, -0.05) is 36.4 Å². The molecular weight excluding hydrogens is 392 g/mol. The number of carbonyl (C=O) groups excluding carboxylic acids is 2. The van der Waals surface area contributed by atoms with Crippen molar-refractivity contribution in [2.75, 3.05) is 20.8 Å². The number of methoxy groups -OCH3 is 1. The Morgan fingerprint density at radius 2 is 1.74 bits per heavy atom. The molecule has 0 atom stereocenters. The van der Waals surface area contributed by atoms with Crippen LogP contribution in [-0.2, 0) is 23.1 Å². The number of aryl methyl sites for hydroxylation is 1. The van der Waals surface area contributed by atoms with E-state index >= 15 is 0 Å². The Bertz CT molecular complexity index is 1280. The van der Waals surface area contributed by atoms with Crippen molar-refractivity contribution in [2.24, 2.45) is 7.05 Å². The molecule has 4 rings (SSSR count). The van der Waals surface area contributed by atoms with Gasteiger partial charge in [0.25, 0.3) is 5.91 Å². The summed E-state index contributed by atoms with van der Waals surface area (Å²) in [6.45, 7) is 0.121. The van der Waals surface area contributed by atoms with Crippen LogP contribution in [0.15, 0.2) is 66.9 Å². The molecule has 0 fully saturated rings. The second kappa shape index (κ2) is 8.52. The van der Waals surface area contributed by atoms with E-state index in [-0.39, 0.29) is 12.5 Å². The van der Waals surface area contributed by atoms with E-state index in [0.29, 0.717) is 12.1 Å². The molecule has 0 aliphatic rings. The summed E-state index contributed by atoms with van der Waals surface area (Å²) >= 11 is 0. The minimum absolute atomic E-state index is 0.261. The van der Waals surface area contributed by atoms with Crippen molar-refractivity contribution in [1.82, 2.24) is 9.47 Å². The molecule has 31 heavy (non-hydrogen) atoms. The second-order valence-electron chi connectivity index (χ2n) is 7.54. The molecule has 6 heteroatoms. The van der Waals surface area contributed by atoms with Crippen molar-refractivity contribution in [3.8, 4) is 5.75 Å². The monoisotopic (exact) mass is 416 g/mol. The predicted molar refractivity (Wildman–Crippen MR) is 120 cm³/mol. The first-order valence-electron chi connectivity index (χ1n) is 9.98. The fraction of sp³-hybridized carbons (Fsp3) is 0.200. The number of carbonyl (C=O) groups is 2. The summed E-state index contributed by atoms with van der Waals surface area (Å²) in [5, 5.41) is 2.95. The molecule has 0 saturated carbocycles. The summed E-state index contributed by atoms with van der Waals surface area (Å²) in [5.74, 6) is 0.0437. The van der Waals surface area contributed by atoms with Gasteiger partial charge in [0.15, 0.2) is 6.61 Å². The van der Waals surface area contributed by atoms with Crippen LogP contribution in [0.3, 0.4) is 0 Å². The van der Waals surface area contributed by atoms with E-state index < -0.39 is 5.97 Å². The fourth-order valence-electron chi connectivity index (χ4n) is 3.68. The van der Waals surface area contributed by atoms with Crippen molar-refractivity contribution >= 4 is 33.6 Å². The number of hydrogen-bond donors (Lipinski definition) is 0. The van der Waals surface area contributed by atoms with Crippen LogP contribution in [0.25, 0.3) is 21.7 Å². The Hall–Kier alpha value is -3.80. The van der Waals surface area contributed by atoms with Crippen molar-refractivity contribution in [1.29, 1.82) is 0 Å². The maximum Gasteiger partial charge on any atom is 0.340 e. The summed E-state index contributed by atoms with van der Waals surface area (Å²) in [5.41, 5.74) is 2.39. The smallest absolute Gasteiger partial charge is 0.340 e. The zero-order chi connectivity index (χ0) is 22.0. The Labute approximate surface area is 180 Å². The molecule has 158 valence electrons. The molecule has 0 saturated heterocycles. The van der Waals surface area contributed by atoms with Crippen LogP contribution in [0, 0.1) is 0 Å². The van der Waals surface area contributed by atoms with E-state index in [0.717, 1.165) is 33.0 Å². The van der Waals surface area contributed by atoms with Gasteiger partial charge in [0.1, 0.15) is 5.75 Å². The van der Waals surface area contributed by atoms with E-state index in [2.05, 4.69) is 0 Å². The topological polar surface area (TPSA) is 60.8 Å². The van der Waals surface area contributed by atoms with Gasteiger partial charge in [-0.25, -0.2) is 4.79 Å². The standard InChI is InChI=1S/C25H24N2O4/c1-26-15-22(21-6-4-5-7-23(21)26)25(29)31-16-24(28)27(2)14-17-8-9-19-13-20(30-3)11-10-18(19)12-17/h4-13,15H,14,16H2,1-3H3. The van der Waals surface area contributed by atoms with Gasteiger partial charge in [0.05, 0.1) is 12.7 Å². The predicted octanol–water partition coefficient (Wildman–Crippen LogP) is 4.16. The minimum Gasteiger partial charge on any atom is -0.497 e. The van der Waals surface area contributed by atoms with E-state index in [1.165, 1.54) is 0 Å². The van der Waals surface area contributed by atoms with Crippen LogP contribution in [0.1, 0.15) is 15.9 Å². The minimum atomic E-state index is -0.502. The van der Waals surface area contributed by atoms with Gasteiger partial charge in [-0.15, -0.1) is 0 Å². The molecule has 0 aliphatic carbocycles. The number of fused-ring (bicyclic) bond motifs is 2. The summed E-state index contributed by atoms with van der Waals surface area (Å²) < 4.78 is 12.4. The zero-order valence-corrected chi connectivity index (χ0v) is 17.8. The van der Waals surface area contributed by atoms with Crippen molar-refractivity contribution in [2.45, 2.75) is 6.54 Å². The Morgan fingerprint density at radius 3 is 2.55 bits per heavy atom. The highest BCUT2D eigenvalue weighted by Crippen LogP contribution is 2.23.